The normalized spacial score (nSPS) is 17.8. The first-order chi connectivity index (χ1) is 17.2. The Labute approximate surface area is 222 Å². The van der Waals surface area contributed by atoms with E-state index in [1.54, 1.807) is 9.47 Å². The Morgan fingerprint density at radius 3 is 2.44 bits per heavy atom. The lowest BCUT2D eigenvalue weighted by Crippen LogP contribution is -2.39. The first-order valence-electron chi connectivity index (χ1n) is 12.5. The molecule has 0 atom stereocenters. The van der Waals surface area contributed by atoms with E-state index >= 15 is 0 Å². The average molecular weight is 521 g/mol. The number of nitrogens with zero attached hydrogens (tertiary/aromatic N) is 4. The smallest absolute Gasteiger partial charge is 0.270 e. The number of thioether (sulfide) groups is 1. The number of hydrogen-bond acceptors (Lipinski definition) is 6. The monoisotopic (exact) mass is 520 g/mol. The molecular weight excluding hydrogens is 488 g/mol. The van der Waals surface area contributed by atoms with Crippen LogP contribution >= 0.6 is 24.0 Å². The molecule has 0 unspecified atom stereocenters. The number of benzene rings is 1. The van der Waals surface area contributed by atoms with Gasteiger partial charge in [0, 0.05) is 25.2 Å². The number of carbonyl (C=O) groups is 1. The molecule has 2 aliphatic rings. The number of hydrogen-bond donors (Lipinski definition) is 0. The third-order valence-corrected chi connectivity index (χ3v) is 8.36. The maximum atomic E-state index is 13.5. The van der Waals surface area contributed by atoms with Crippen molar-refractivity contribution < 1.29 is 4.79 Å². The van der Waals surface area contributed by atoms with Crippen LogP contribution in [-0.2, 0) is 17.9 Å². The minimum Gasteiger partial charge on any atom is -0.357 e. The summed E-state index contributed by atoms with van der Waals surface area (Å²) in [7, 11) is 0. The van der Waals surface area contributed by atoms with Gasteiger partial charge in [0.25, 0.3) is 11.5 Å². The lowest BCUT2D eigenvalue weighted by molar-refractivity contribution is -0.122. The summed E-state index contributed by atoms with van der Waals surface area (Å²) in [6.45, 7) is 10.7. The van der Waals surface area contributed by atoms with Crippen LogP contribution in [0.1, 0.15) is 60.9 Å². The number of piperidine rings is 1. The molecule has 2 aliphatic heterocycles. The van der Waals surface area contributed by atoms with Crippen molar-refractivity contribution in [2.24, 2.45) is 5.92 Å². The molecule has 1 amide bonds. The van der Waals surface area contributed by atoms with Gasteiger partial charge in [-0.2, -0.15) is 5.26 Å². The SMILES string of the molecule is CCCn1c(N2CCC(C)CC2)c(/C=C2/SC(=S)N(Cc3ccc(C)cc3)C2=O)c(C)c(C#N)c1=O. The van der Waals surface area contributed by atoms with Crippen LogP contribution in [-0.4, -0.2) is 32.8 Å². The van der Waals surface area contributed by atoms with E-state index in [1.807, 2.05) is 51.1 Å². The highest BCUT2D eigenvalue weighted by molar-refractivity contribution is 8.26. The molecule has 4 rings (SSSR count). The van der Waals surface area contributed by atoms with Crippen molar-refractivity contribution in [3.8, 4) is 6.07 Å². The summed E-state index contributed by atoms with van der Waals surface area (Å²) < 4.78 is 2.25. The van der Waals surface area contributed by atoms with E-state index < -0.39 is 0 Å². The van der Waals surface area contributed by atoms with Crippen LogP contribution in [0.25, 0.3) is 6.08 Å². The summed E-state index contributed by atoms with van der Waals surface area (Å²) in [5, 5.41) is 9.83. The van der Waals surface area contributed by atoms with Crippen molar-refractivity contribution in [2.75, 3.05) is 18.0 Å². The van der Waals surface area contributed by atoms with E-state index in [-0.39, 0.29) is 17.0 Å². The number of nitriles is 1. The van der Waals surface area contributed by atoms with Crippen LogP contribution in [0.5, 0.6) is 0 Å². The molecule has 2 aromatic rings. The zero-order valence-corrected chi connectivity index (χ0v) is 23.0. The molecule has 0 spiro atoms. The van der Waals surface area contributed by atoms with Crippen molar-refractivity contribution in [3.63, 3.8) is 0 Å². The topological polar surface area (TPSA) is 69.3 Å². The molecular formula is C28H32N4O2S2. The van der Waals surface area contributed by atoms with Crippen molar-refractivity contribution in [3.05, 3.63) is 67.3 Å². The fraction of sp³-hybridized carbons (Fsp3) is 0.429. The Morgan fingerprint density at radius 2 is 1.83 bits per heavy atom. The largest absolute Gasteiger partial charge is 0.357 e. The van der Waals surface area contributed by atoms with Gasteiger partial charge >= 0.3 is 0 Å². The van der Waals surface area contributed by atoms with Crippen molar-refractivity contribution >= 4 is 46.1 Å². The number of amides is 1. The number of aryl methyl sites for hydroxylation is 1. The van der Waals surface area contributed by atoms with Gasteiger partial charge in [-0.1, -0.05) is 67.7 Å². The minimum atomic E-state index is -0.255. The van der Waals surface area contributed by atoms with Crippen LogP contribution < -0.4 is 10.5 Å². The maximum absolute atomic E-state index is 13.5. The zero-order valence-electron chi connectivity index (χ0n) is 21.3. The second-order valence-corrected chi connectivity index (χ2v) is 11.4. The van der Waals surface area contributed by atoms with Gasteiger partial charge in [-0.3, -0.25) is 19.1 Å². The summed E-state index contributed by atoms with van der Waals surface area (Å²) in [5.74, 6) is 1.30. The van der Waals surface area contributed by atoms with Gasteiger partial charge in [-0.15, -0.1) is 0 Å². The van der Waals surface area contributed by atoms with Gasteiger partial charge in [0.2, 0.25) is 0 Å². The van der Waals surface area contributed by atoms with Gasteiger partial charge in [0.1, 0.15) is 21.8 Å². The Balaban J connectivity index is 1.80. The predicted molar refractivity (Wildman–Crippen MR) is 151 cm³/mol. The molecule has 1 aromatic carbocycles. The fourth-order valence-corrected chi connectivity index (χ4v) is 6.02. The molecule has 0 aliphatic carbocycles. The van der Waals surface area contributed by atoms with E-state index in [0.717, 1.165) is 54.9 Å². The van der Waals surface area contributed by atoms with Crippen molar-refractivity contribution in [2.45, 2.75) is 60.0 Å². The van der Waals surface area contributed by atoms with E-state index in [1.165, 1.54) is 11.8 Å². The standard InChI is InChI=1S/C28H32N4O2S2/c1-5-12-31-25(30-13-10-19(3)11-14-30)22(20(4)23(16-29)26(31)33)15-24-27(34)32(28(35)36-24)17-21-8-6-18(2)7-9-21/h6-9,15,19H,5,10-14,17H2,1-4H3/b24-15+. The molecule has 6 nitrogen and oxygen atoms in total. The fourth-order valence-electron chi connectivity index (χ4n) is 4.78. The highest BCUT2D eigenvalue weighted by Gasteiger charge is 2.33. The third-order valence-electron chi connectivity index (χ3n) is 6.99. The summed E-state index contributed by atoms with van der Waals surface area (Å²) >= 11 is 6.87. The van der Waals surface area contributed by atoms with E-state index in [2.05, 4.69) is 17.9 Å². The first-order valence-corrected chi connectivity index (χ1v) is 13.7. The molecule has 0 radical (unpaired) electrons. The lowest BCUT2D eigenvalue weighted by atomic mass is 9.97. The molecule has 0 N–H and O–H groups in total. The Bertz CT molecular complexity index is 1310. The summed E-state index contributed by atoms with van der Waals surface area (Å²) in [6, 6.07) is 10.2. The molecule has 8 heteroatoms. The lowest BCUT2D eigenvalue weighted by Gasteiger charge is -2.35. The summed E-state index contributed by atoms with van der Waals surface area (Å²) in [5.41, 5.74) is 3.45. The molecule has 3 heterocycles. The number of thiocarbonyl (C=S) groups is 1. The van der Waals surface area contributed by atoms with Crippen LogP contribution in [0.15, 0.2) is 34.0 Å². The summed E-state index contributed by atoms with van der Waals surface area (Å²) in [6.07, 6.45) is 4.70. The Hall–Kier alpha value is -2.89. The Morgan fingerprint density at radius 1 is 1.17 bits per heavy atom. The molecule has 2 fully saturated rings. The highest BCUT2D eigenvalue weighted by Crippen LogP contribution is 2.37. The van der Waals surface area contributed by atoms with Crippen molar-refractivity contribution in [1.29, 1.82) is 5.26 Å². The van der Waals surface area contributed by atoms with Crippen LogP contribution in [0, 0.1) is 31.1 Å². The molecule has 0 saturated carbocycles. The third kappa shape index (κ3) is 5.14. The number of anilines is 1. The van der Waals surface area contributed by atoms with E-state index in [9.17, 15) is 14.9 Å². The van der Waals surface area contributed by atoms with Gasteiger partial charge in [0.15, 0.2) is 0 Å². The maximum Gasteiger partial charge on any atom is 0.270 e. The van der Waals surface area contributed by atoms with E-state index in [4.69, 9.17) is 12.2 Å². The number of carbonyl (C=O) groups excluding carboxylic acids is 1. The number of pyridine rings is 1. The molecule has 2 saturated heterocycles. The van der Waals surface area contributed by atoms with Gasteiger partial charge < -0.3 is 4.90 Å². The average Bonchev–Trinajstić information content (AvgIpc) is 3.12. The second-order valence-electron chi connectivity index (χ2n) is 9.73. The predicted octanol–water partition coefficient (Wildman–Crippen LogP) is 5.38. The molecule has 188 valence electrons. The highest BCUT2D eigenvalue weighted by atomic mass is 32.2. The summed E-state index contributed by atoms with van der Waals surface area (Å²) in [4.78, 5) is 31.2. The molecule has 0 bridgehead atoms. The van der Waals surface area contributed by atoms with Crippen LogP contribution in [0.3, 0.4) is 0 Å². The minimum absolute atomic E-state index is 0.138. The number of rotatable bonds is 6. The number of aromatic nitrogens is 1. The molecule has 1 aromatic heterocycles. The van der Waals surface area contributed by atoms with Crippen LogP contribution in [0.4, 0.5) is 5.82 Å². The van der Waals surface area contributed by atoms with Crippen molar-refractivity contribution in [1.82, 2.24) is 9.47 Å². The zero-order chi connectivity index (χ0) is 26.0. The van der Waals surface area contributed by atoms with Gasteiger partial charge in [-0.25, -0.2) is 0 Å². The van der Waals surface area contributed by atoms with Gasteiger partial charge in [0.05, 0.1) is 11.4 Å². The molecule has 36 heavy (non-hydrogen) atoms. The first kappa shape index (κ1) is 26.2. The quantitative estimate of drug-likeness (QED) is 0.376. The van der Waals surface area contributed by atoms with E-state index in [0.29, 0.717) is 33.8 Å². The van der Waals surface area contributed by atoms with Gasteiger partial charge in [-0.05, 0) is 56.2 Å². The Kier molecular flexibility index (Phi) is 8.01. The van der Waals surface area contributed by atoms with Crippen LogP contribution in [0.2, 0.25) is 0 Å². The second kappa shape index (κ2) is 11.0.